The molecule has 0 bridgehead atoms. The van der Waals surface area contributed by atoms with E-state index in [9.17, 15) is 13.2 Å². The number of sulfonamides is 1. The fourth-order valence-electron chi connectivity index (χ4n) is 3.01. The number of piperidine rings is 1. The fraction of sp³-hybridized carbons (Fsp3) is 0.588. The number of hydrogen-bond donors (Lipinski definition) is 2. The van der Waals surface area contributed by atoms with Gasteiger partial charge < -0.3 is 11.1 Å². The van der Waals surface area contributed by atoms with Crippen molar-refractivity contribution in [1.82, 2.24) is 9.62 Å². The maximum Gasteiger partial charge on any atom is 0.243 e. The summed E-state index contributed by atoms with van der Waals surface area (Å²) in [5, 5.41) is 2.80. The lowest BCUT2D eigenvalue weighted by Gasteiger charge is -2.34. The first-order chi connectivity index (χ1) is 11.5. The van der Waals surface area contributed by atoms with Gasteiger partial charge in [0.15, 0.2) is 0 Å². The molecule has 0 aromatic heterocycles. The molecular formula is C17H27N3O3S. The third-order valence-electron chi connectivity index (χ3n) is 4.39. The van der Waals surface area contributed by atoms with Gasteiger partial charge in [-0.1, -0.05) is 25.5 Å². The Labute approximate surface area is 144 Å². The first-order valence-electron chi connectivity index (χ1n) is 8.56. The normalized spacial score (nSPS) is 19.2. The summed E-state index contributed by atoms with van der Waals surface area (Å²) in [7, 11) is -3.55. The smallest absolute Gasteiger partial charge is 0.243 e. The number of carbonyl (C=O) groups excluding carboxylic acids is 1. The zero-order chi connectivity index (χ0) is 17.6. The van der Waals surface area contributed by atoms with Crippen LogP contribution in [0.1, 0.15) is 38.2 Å². The summed E-state index contributed by atoms with van der Waals surface area (Å²) < 4.78 is 27.6. The monoisotopic (exact) mass is 353 g/mol. The second-order valence-corrected chi connectivity index (χ2v) is 8.00. The Hall–Kier alpha value is -1.44. The predicted molar refractivity (Wildman–Crippen MR) is 94.0 cm³/mol. The van der Waals surface area contributed by atoms with Crippen molar-refractivity contribution in [2.75, 3.05) is 19.6 Å². The molecule has 0 aliphatic carbocycles. The van der Waals surface area contributed by atoms with Crippen LogP contribution >= 0.6 is 0 Å². The van der Waals surface area contributed by atoms with Gasteiger partial charge in [0.05, 0.1) is 4.90 Å². The van der Waals surface area contributed by atoms with Gasteiger partial charge in [-0.3, -0.25) is 4.79 Å². The van der Waals surface area contributed by atoms with E-state index in [0.29, 0.717) is 24.5 Å². The maximum atomic E-state index is 13.0. The highest BCUT2D eigenvalue weighted by molar-refractivity contribution is 7.89. The number of nitrogens with one attached hydrogen (secondary N) is 1. The summed E-state index contributed by atoms with van der Waals surface area (Å²) in [6.45, 7) is 3.13. The highest BCUT2D eigenvalue weighted by Gasteiger charge is 2.33. The van der Waals surface area contributed by atoms with Crippen molar-refractivity contribution in [2.45, 2.75) is 50.0 Å². The minimum Gasteiger partial charge on any atom is -0.354 e. The van der Waals surface area contributed by atoms with Gasteiger partial charge in [-0.05, 0) is 37.0 Å². The molecule has 1 fully saturated rings. The van der Waals surface area contributed by atoms with Crippen LogP contribution in [0.5, 0.6) is 0 Å². The number of rotatable bonds is 7. The first kappa shape index (κ1) is 18.9. The fourth-order valence-corrected chi connectivity index (χ4v) is 4.77. The SMILES string of the molecule is CCc1cccc(S(=O)(=O)N2CCCCC2CNC(=O)CCN)c1. The van der Waals surface area contributed by atoms with Gasteiger partial charge in [0.1, 0.15) is 0 Å². The molecule has 1 aromatic carbocycles. The Morgan fingerprint density at radius 1 is 1.38 bits per heavy atom. The first-order valence-corrected chi connectivity index (χ1v) is 10.0. The average Bonchev–Trinajstić information content (AvgIpc) is 2.60. The quantitative estimate of drug-likeness (QED) is 0.772. The molecular weight excluding hydrogens is 326 g/mol. The molecule has 0 spiro atoms. The van der Waals surface area contributed by atoms with Crippen molar-refractivity contribution in [1.29, 1.82) is 0 Å². The Morgan fingerprint density at radius 3 is 2.88 bits per heavy atom. The van der Waals surface area contributed by atoms with Gasteiger partial charge in [-0.25, -0.2) is 8.42 Å². The number of hydrogen-bond acceptors (Lipinski definition) is 4. The van der Waals surface area contributed by atoms with Crippen molar-refractivity contribution in [3.05, 3.63) is 29.8 Å². The van der Waals surface area contributed by atoms with Gasteiger partial charge in [0.25, 0.3) is 0 Å². The van der Waals surface area contributed by atoms with Crippen LogP contribution in [0.25, 0.3) is 0 Å². The summed E-state index contributed by atoms with van der Waals surface area (Å²) in [6.07, 6.45) is 3.63. The third-order valence-corrected chi connectivity index (χ3v) is 6.34. The van der Waals surface area contributed by atoms with Crippen molar-refractivity contribution < 1.29 is 13.2 Å². The van der Waals surface area contributed by atoms with E-state index >= 15 is 0 Å². The van der Waals surface area contributed by atoms with E-state index in [0.717, 1.165) is 31.2 Å². The summed E-state index contributed by atoms with van der Waals surface area (Å²) in [5.74, 6) is -0.131. The van der Waals surface area contributed by atoms with Crippen molar-refractivity contribution in [3.8, 4) is 0 Å². The maximum absolute atomic E-state index is 13.0. The molecule has 0 saturated carbocycles. The number of nitrogens with two attached hydrogens (primary N) is 1. The lowest BCUT2D eigenvalue weighted by Crippen LogP contribution is -2.49. The van der Waals surface area contributed by atoms with Crippen LogP contribution in [0.2, 0.25) is 0 Å². The molecule has 7 heteroatoms. The number of aryl methyl sites for hydroxylation is 1. The van der Waals surface area contributed by atoms with E-state index in [1.165, 1.54) is 0 Å². The molecule has 1 unspecified atom stereocenters. The number of nitrogens with zero attached hydrogens (tertiary/aromatic N) is 1. The minimum atomic E-state index is -3.55. The molecule has 0 radical (unpaired) electrons. The van der Waals surface area contributed by atoms with E-state index in [1.807, 2.05) is 13.0 Å². The number of amides is 1. The summed E-state index contributed by atoms with van der Waals surface area (Å²) in [4.78, 5) is 12.0. The molecule has 3 N–H and O–H groups in total. The Morgan fingerprint density at radius 2 is 2.17 bits per heavy atom. The highest BCUT2D eigenvalue weighted by atomic mass is 32.2. The number of carbonyl (C=O) groups is 1. The van der Waals surface area contributed by atoms with Crippen LogP contribution in [-0.2, 0) is 21.2 Å². The zero-order valence-corrected chi connectivity index (χ0v) is 15.0. The topological polar surface area (TPSA) is 92.5 Å². The molecule has 1 amide bonds. The largest absolute Gasteiger partial charge is 0.354 e. The number of benzene rings is 1. The van der Waals surface area contributed by atoms with Gasteiger partial charge in [-0.2, -0.15) is 4.31 Å². The minimum absolute atomic E-state index is 0.131. The molecule has 2 rings (SSSR count). The molecule has 1 aliphatic heterocycles. The standard InChI is InChI=1S/C17H27N3O3S/c1-2-14-6-5-8-16(12-14)24(22,23)20-11-4-3-7-15(20)13-19-17(21)9-10-18/h5-6,8,12,15H,2-4,7,9-11,13,18H2,1H3,(H,19,21). The van der Waals surface area contributed by atoms with Crippen LogP contribution in [0.3, 0.4) is 0 Å². The van der Waals surface area contributed by atoms with Gasteiger partial charge in [0.2, 0.25) is 15.9 Å². The molecule has 6 nitrogen and oxygen atoms in total. The van der Waals surface area contributed by atoms with Gasteiger partial charge in [0, 0.05) is 32.1 Å². The van der Waals surface area contributed by atoms with E-state index in [2.05, 4.69) is 5.32 Å². The van der Waals surface area contributed by atoms with Crippen LogP contribution in [0.4, 0.5) is 0 Å². The summed E-state index contributed by atoms with van der Waals surface area (Å²) in [6, 6.07) is 6.91. The van der Waals surface area contributed by atoms with E-state index in [4.69, 9.17) is 5.73 Å². The molecule has 1 aromatic rings. The third kappa shape index (κ3) is 4.55. The Bertz CT molecular complexity index is 661. The van der Waals surface area contributed by atoms with Crippen LogP contribution < -0.4 is 11.1 Å². The van der Waals surface area contributed by atoms with Crippen molar-refractivity contribution in [3.63, 3.8) is 0 Å². The van der Waals surface area contributed by atoms with Crippen LogP contribution in [-0.4, -0.2) is 44.3 Å². The molecule has 134 valence electrons. The molecule has 1 saturated heterocycles. The van der Waals surface area contributed by atoms with Crippen molar-refractivity contribution >= 4 is 15.9 Å². The lowest BCUT2D eigenvalue weighted by atomic mass is 10.1. The second-order valence-electron chi connectivity index (χ2n) is 6.11. The van der Waals surface area contributed by atoms with E-state index < -0.39 is 10.0 Å². The summed E-state index contributed by atoms with van der Waals surface area (Å²) in [5.41, 5.74) is 6.37. The molecule has 1 atom stereocenters. The molecule has 1 aliphatic rings. The molecule has 24 heavy (non-hydrogen) atoms. The average molecular weight is 353 g/mol. The van der Waals surface area contributed by atoms with Gasteiger partial charge >= 0.3 is 0 Å². The predicted octanol–water partition coefficient (Wildman–Crippen LogP) is 1.26. The highest BCUT2D eigenvalue weighted by Crippen LogP contribution is 2.25. The Balaban J connectivity index is 2.17. The van der Waals surface area contributed by atoms with E-state index in [1.54, 1.807) is 22.5 Å². The lowest BCUT2D eigenvalue weighted by molar-refractivity contribution is -0.121. The zero-order valence-electron chi connectivity index (χ0n) is 14.2. The van der Waals surface area contributed by atoms with Gasteiger partial charge in [-0.15, -0.1) is 0 Å². The second kappa shape index (κ2) is 8.60. The van der Waals surface area contributed by atoms with Crippen LogP contribution in [0.15, 0.2) is 29.2 Å². The summed E-state index contributed by atoms with van der Waals surface area (Å²) >= 11 is 0. The van der Waals surface area contributed by atoms with E-state index in [-0.39, 0.29) is 18.4 Å². The molecule has 1 heterocycles. The van der Waals surface area contributed by atoms with Crippen molar-refractivity contribution in [2.24, 2.45) is 5.73 Å². The Kier molecular flexibility index (Phi) is 6.77. The van der Waals surface area contributed by atoms with Crippen LogP contribution in [0, 0.1) is 0 Å².